The molecule has 0 unspecified atom stereocenters. The van der Waals surface area contributed by atoms with Crippen molar-refractivity contribution in [2.24, 2.45) is 0 Å². The van der Waals surface area contributed by atoms with E-state index in [1.165, 1.54) is 22.3 Å². The minimum absolute atomic E-state index is 0.613. The quantitative estimate of drug-likeness (QED) is 0.126. The van der Waals surface area contributed by atoms with Crippen molar-refractivity contribution in [1.82, 2.24) is 15.0 Å². The lowest BCUT2D eigenvalue weighted by atomic mass is 9.64. The van der Waals surface area contributed by atoms with Gasteiger partial charge in [0.1, 0.15) is 0 Å². The Morgan fingerprint density at radius 1 is 0.333 bits per heavy atom. The third-order valence-electron chi connectivity index (χ3n) is 9.22. The Bertz CT molecular complexity index is 2050. The lowest BCUT2D eigenvalue weighted by Gasteiger charge is -2.37. The van der Waals surface area contributed by atoms with Gasteiger partial charge in [-0.2, -0.15) is 0 Å². The van der Waals surface area contributed by atoms with Crippen LogP contribution in [0.4, 0.5) is 0 Å². The molecule has 4 aromatic carbocycles. The first-order valence-electron chi connectivity index (χ1n) is 16.1. The van der Waals surface area contributed by atoms with Crippen LogP contribution in [-0.4, -0.2) is 15.0 Å². The van der Waals surface area contributed by atoms with Crippen LogP contribution in [0.5, 0.6) is 0 Å². The van der Waals surface area contributed by atoms with Gasteiger partial charge in [0, 0.05) is 42.8 Å². The maximum atomic E-state index is 4.22. The first-order valence-corrected chi connectivity index (χ1v) is 16.1. The highest BCUT2D eigenvalue weighted by Gasteiger charge is 2.38. The van der Waals surface area contributed by atoms with E-state index in [9.17, 15) is 0 Å². The fourth-order valence-corrected chi connectivity index (χ4v) is 6.78. The Morgan fingerprint density at radius 3 is 0.917 bits per heavy atom. The second-order valence-electron chi connectivity index (χ2n) is 11.9. The maximum absolute atomic E-state index is 4.22. The predicted molar refractivity (Wildman–Crippen MR) is 195 cm³/mol. The fraction of sp³-hybridized carbons (Fsp3) is 0.0222. The first-order chi connectivity index (χ1) is 23.8. The molecule has 0 radical (unpaired) electrons. The molecule has 8 rings (SSSR count). The number of aromatic nitrogens is 3. The van der Waals surface area contributed by atoms with Gasteiger partial charge in [-0.05, 0) is 110 Å². The van der Waals surface area contributed by atoms with Crippen LogP contribution >= 0.6 is 0 Å². The van der Waals surface area contributed by atoms with E-state index in [2.05, 4.69) is 160 Å². The molecule has 3 nitrogen and oxygen atoms in total. The average Bonchev–Trinajstić information content (AvgIpc) is 3.73. The van der Waals surface area contributed by atoms with Gasteiger partial charge in [0.05, 0.1) is 5.41 Å². The van der Waals surface area contributed by atoms with Crippen molar-refractivity contribution in [1.29, 1.82) is 0 Å². The lowest BCUT2D eigenvalue weighted by Crippen LogP contribution is -2.31. The SMILES string of the molecule is C1=CC=CC=1c1ccc(C(c2ccc(-c3ccncc3)cc2)(c2ccc(-c3ccncc3)cc2)c2ccc(-c3ccncc3)cc2)cc1. The van der Waals surface area contributed by atoms with Crippen LogP contribution in [-0.2, 0) is 5.41 Å². The highest BCUT2D eigenvalue weighted by atomic mass is 14.6. The zero-order chi connectivity index (χ0) is 32.2. The van der Waals surface area contributed by atoms with Crippen molar-refractivity contribution in [3.05, 3.63) is 222 Å². The summed E-state index contributed by atoms with van der Waals surface area (Å²) in [6.45, 7) is 0. The van der Waals surface area contributed by atoms with Gasteiger partial charge in [0.2, 0.25) is 0 Å². The topological polar surface area (TPSA) is 38.7 Å². The van der Waals surface area contributed by atoms with Crippen molar-refractivity contribution in [3.63, 3.8) is 0 Å². The molecule has 0 spiro atoms. The number of benzene rings is 4. The van der Waals surface area contributed by atoms with E-state index in [1.807, 2.05) is 49.3 Å². The molecule has 0 aliphatic heterocycles. The van der Waals surface area contributed by atoms with Gasteiger partial charge in [0.15, 0.2) is 0 Å². The minimum atomic E-state index is -0.613. The van der Waals surface area contributed by atoms with Crippen LogP contribution in [0.1, 0.15) is 27.8 Å². The van der Waals surface area contributed by atoms with Crippen LogP contribution in [0.25, 0.3) is 39.0 Å². The van der Waals surface area contributed by atoms with E-state index in [0.29, 0.717) is 0 Å². The fourth-order valence-electron chi connectivity index (χ4n) is 6.78. The monoisotopic (exact) mass is 613 g/mol. The molecule has 3 aromatic heterocycles. The number of hydrogen-bond donors (Lipinski definition) is 0. The van der Waals surface area contributed by atoms with Crippen molar-refractivity contribution < 1.29 is 0 Å². The number of allylic oxidation sites excluding steroid dienone is 3. The van der Waals surface area contributed by atoms with E-state index >= 15 is 0 Å². The van der Waals surface area contributed by atoms with Gasteiger partial charge in [-0.3, -0.25) is 15.0 Å². The molecule has 0 amide bonds. The van der Waals surface area contributed by atoms with Crippen molar-refractivity contribution >= 4 is 5.57 Å². The van der Waals surface area contributed by atoms with Crippen molar-refractivity contribution in [2.45, 2.75) is 5.41 Å². The molecule has 0 saturated carbocycles. The normalized spacial score (nSPS) is 12.2. The van der Waals surface area contributed by atoms with E-state index in [4.69, 9.17) is 0 Å². The summed E-state index contributed by atoms with van der Waals surface area (Å²) in [5.41, 5.74) is 16.6. The number of pyridine rings is 3. The molecule has 0 bridgehead atoms. The van der Waals surface area contributed by atoms with Crippen molar-refractivity contribution in [3.8, 4) is 33.4 Å². The number of nitrogens with zero attached hydrogens (tertiary/aromatic N) is 3. The third kappa shape index (κ3) is 5.39. The van der Waals surface area contributed by atoms with Gasteiger partial charge < -0.3 is 0 Å². The Labute approximate surface area is 281 Å². The smallest absolute Gasteiger partial charge is 0.0701 e. The molecule has 0 fully saturated rings. The molecule has 1 aliphatic carbocycles. The van der Waals surface area contributed by atoms with Crippen LogP contribution in [0.2, 0.25) is 0 Å². The van der Waals surface area contributed by atoms with E-state index in [1.54, 1.807) is 0 Å². The van der Waals surface area contributed by atoms with Gasteiger partial charge in [-0.25, -0.2) is 0 Å². The predicted octanol–water partition coefficient (Wildman–Crippen LogP) is 10.4. The molecular formula is C45H31N3. The highest BCUT2D eigenvalue weighted by molar-refractivity contribution is 5.77. The van der Waals surface area contributed by atoms with Crippen LogP contribution in [0, 0.1) is 0 Å². The Kier molecular flexibility index (Phi) is 7.72. The Balaban J connectivity index is 1.35. The molecular weight excluding hydrogens is 583 g/mol. The second-order valence-corrected chi connectivity index (χ2v) is 11.9. The van der Waals surface area contributed by atoms with Crippen LogP contribution < -0.4 is 0 Å². The summed E-state index contributed by atoms with van der Waals surface area (Å²) in [6, 6.07) is 48.3. The molecule has 1 aliphatic rings. The molecule has 226 valence electrons. The van der Waals surface area contributed by atoms with Crippen LogP contribution in [0.3, 0.4) is 0 Å². The highest BCUT2D eigenvalue weighted by Crippen LogP contribution is 2.46. The standard InChI is InChI=1S/C45H31N3/c1-2-4-33(3-1)34-5-13-41(14-6-34)45(42-15-7-35(8-16-42)38-21-27-46-28-22-38,43-17-9-36(10-18-43)39-23-29-47-30-24-39)44-19-11-37(12-20-44)40-25-31-48-32-26-40/h1-3,5-32H. The number of hydrogen-bond acceptors (Lipinski definition) is 3. The van der Waals surface area contributed by atoms with E-state index < -0.39 is 5.41 Å². The third-order valence-corrected chi connectivity index (χ3v) is 9.22. The second kappa shape index (κ2) is 12.8. The summed E-state index contributed by atoms with van der Waals surface area (Å²) in [7, 11) is 0. The average molecular weight is 614 g/mol. The summed E-state index contributed by atoms with van der Waals surface area (Å²) >= 11 is 0. The zero-order valence-corrected chi connectivity index (χ0v) is 26.2. The summed E-state index contributed by atoms with van der Waals surface area (Å²) in [5.74, 6) is 0. The van der Waals surface area contributed by atoms with Gasteiger partial charge in [0.25, 0.3) is 0 Å². The Hall–Kier alpha value is -6.41. The summed E-state index contributed by atoms with van der Waals surface area (Å²) in [6.07, 6.45) is 17.2. The first kappa shape index (κ1) is 29.0. The molecule has 3 heterocycles. The van der Waals surface area contributed by atoms with Crippen molar-refractivity contribution in [2.75, 3.05) is 0 Å². The van der Waals surface area contributed by atoms with E-state index in [-0.39, 0.29) is 0 Å². The minimum Gasteiger partial charge on any atom is -0.265 e. The molecule has 0 atom stereocenters. The van der Waals surface area contributed by atoms with Gasteiger partial charge >= 0.3 is 0 Å². The van der Waals surface area contributed by atoms with E-state index in [0.717, 1.165) is 44.5 Å². The van der Waals surface area contributed by atoms with Gasteiger partial charge in [-0.15, -0.1) is 5.73 Å². The Morgan fingerprint density at radius 2 is 0.625 bits per heavy atom. The summed E-state index contributed by atoms with van der Waals surface area (Å²) in [5, 5.41) is 0. The van der Waals surface area contributed by atoms with Gasteiger partial charge in [-0.1, -0.05) is 103 Å². The number of rotatable bonds is 8. The van der Waals surface area contributed by atoms with Crippen LogP contribution in [0.15, 0.2) is 195 Å². The zero-order valence-electron chi connectivity index (χ0n) is 26.2. The largest absolute Gasteiger partial charge is 0.265 e. The molecule has 7 aromatic rings. The maximum Gasteiger partial charge on any atom is 0.0701 e. The molecule has 0 N–H and O–H groups in total. The lowest BCUT2D eigenvalue weighted by molar-refractivity contribution is 0.745. The molecule has 48 heavy (non-hydrogen) atoms. The molecule has 0 saturated heterocycles. The summed E-state index contributed by atoms with van der Waals surface area (Å²) < 4.78 is 0. The summed E-state index contributed by atoms with van der Waals surface area (Å²) in [4.78, 5) is 12.7. The molecule has 3 heteroatoms.